The Hall–Kier alpha value is -2.51. The molecule has 0 aliphatic heterocycles. The third kappa shape index (κ3) is 4.17. The Morgan fingerprint density at radius 2 is 2.04 bits per heavy atom. The van der Waals surface area contributed by atoms with E-state index in [2.05, 4.69) is 10.2 Å². The minimum Gasteiger partial charge on any atom is -0.340 e. The third-order valence-electron chi connectivity index (χ3n) is 3.89. The number of hydrogen-bond acceptors (Lipinski definition) is 3. The number of nitrogens with zero attached hydrogens (tertiary/aromatic N) is 3. The van der Waals surface area contributed by atoms with Crippen LogP contribution in [-0.4, -0.2) is 32.6 Å². The van der Waals surface area contributed by atoms with Crippen LogP contribution >= 0.6 is 23.8 Å². The van der Waals surface area contributed by atoms with Crippen LogP contribution in [0.5, 0.6) is 0 Å². The minimum atomic E-state index is -0.328. The zero-order valence-corrected chi connectivity index (χ0v) is 15.5. The van der Waals surface area contributed by atoms with E-state index < -0.39 is 0 Å². The largest absolute Gasteiger partial charge is 0.340 e. The molecular weight excluding hydrogens is 375 g/mol. The number of carbonyl (C=O) groups excluding carboxylic acids is 1. The normalized spacial score (nSPS) is 10.7. The summed E-state index contributed by atoms with van der Waals surface area (Å²) in [6.07, 6.45) is 0. The first kappa shape index (κ1) is 18.3. The Bertz CT molecular complexity index is 983. The fourth-order valence-corrected chi connectivity index (χ4v) is 2.86. The highest BCUT2D eigenvalue weighted by molar-refractivity contribution is 7.71. The fraction of sp³-hybridized carbons (Fsp3) is 0.167. The summed E-state index contributed by atoms with van der Waals surface area (Å²) in [7, 11) is 1.67. The molecule has 1 amide bonds. The molecule has 3 aromatic rings. The van der Waals surface area contributed by atoms with Gasteiger partial charge >= 0.3 is 0 Å². The van der Waals surface area contributed by atoms with Gasteiger partial charge in [-0.15, -0.1) is 0 Å². The first-order valence-electron chi connectivity index (χ1n) is 7.83. The van der Waals surface area contributed by atoms with Gasteiger partial charge in [0, 0.05) is 24.2 Å². The van der Waals surface area contributed by atoms with E-state index in [9.17, 15) is 9.18 Å². The standard InChI is InChI=1S/C18H16ClFN4OS/c1-23(10-12-3-2-4-15(20)9-12)16(25)11-24-17(21-22-18(24)26)13-5-7-14(19)8-6-13/h2-9H,10-11H2,1H3,(H,22,26). The zero-order valence-electron chi connectivity index (χ0n) is 13.9. The Morgan fingerprint density at radius 3 is 2.73 bits per heavy atom. The summed E-state index contributed by atoms with van der Waals surface area (Å²) in [5.74, 6) is 0.0616. The van der Waals surface area contributed by atoms with Crippen molar-refractivity contribution in [3.8, 4) is 11.4 Å². The van der Waals surface area contributed by atoms with Crippen molar-refractivity contribution in [3.05, 3.63) is 69.7 Å². The van der Waals surface area contributed by atoms with Crippen LogP contribution in [0.25, 0.3) is 11.4 Å². The topological polar surface area (TPSA) is 53.9 Å². The number of aromatic nitrogens is 3. The lowest BCUT2D eigenvalue weighted by Crippen LogP contribution is -2.30. The van der Waals surface area contributed by atoms with E-state index >= 15 is 0 Å². The Kier molecular flexibility index (Phi) is 5.49. The summed E-state index contributed by atoms with van der Waals surface area (Å²) in [5, 5.41) is 7.53. The number of carbonyl (C=O) groups is 1. The van der Waals surface area contributed by atoms with Crippen molar-refractivity contribution in [1.29, 1.82) is 0 Å². The minimum absolute atomic E-state index is 0.0269. The first-order valence-corrected chi connectivity index (χ1v) is 8.62. The van der Waals surface area contributed by atoms with E-state index in [1.165, 1.54) is 17.0 Å². The summed E-state index contributed by atoms with van der Waals surface area (Å²) in [6.45, 7) is 0.331. The van der Waals surface area contributed by atoms with Crippen molar-refractivity contribution in [2.75, 3.05) is 7.05 Å². The fourth-order valence-electron chi connectivity index (χ4n) is 2.54. The highest BCUT2D eigenvalue weighted by Gasteiger charge is 2.15. The SMILES string of the molecule is CN(Cc1cccc(F)c1)C(=O)Cn1c(-c2ccc(Cl)cc2)n[nH]c1=S. The van der Waals surface area contributed by atoms with Crippen LogP contribution in [0.15, 0.2) is 48.5 Å². The van der Waals surface area contributed by atoms with E-state index in [1.807, 2.05) is 12.1 Å². The molecule has 5 nitrogen and oxygen atoms in total. The van der Waals surface area contributed by atoms with E-state index in [1.54, 1.807) is 35.9 Å². The highest BCUT2D eigenvalue weighted by Crippen LogP contribution is 2.20. The summed E-state index contributed by atoms with van der Waals surface area (Å²) >= 11 is 11.2. The van der Waals surface area contributed by atoms with Crippen molar-refractivity contribution >= 4 is 29.7 Å². The Morgan fingerprint density at radius 1 is 1.31 bits per heavy atom. The number of halogens is 2. The number of nitrogens with one attached hydrogen (secondary N) is 1. The van der Waals surface area contributed by atoms with Crippen LogP contribution in [0.3, 0.4) is 0 Å². The molecule has 0 fully saturated rings. The van der Waals surface area contributed by atoms with E-state index in [0.29, 0.717) is 22.2 Å². The van der Waals surface area contributed by atoms with E-state index in [0.717, 1.165) is 11.1 Å². The number of likely N-dealkylation sites (N-methyl/N-ethyl adjacent to an activating group) is 1. The van der Waals surface area contributed by atoms with Crippen molar-refractivity contribution < 1.29 is 9.18 Å². The zero-order chi connectivity index (χ0) is 18.7. The molecule has 0 bridgehead atoms. The summed E-state index contributed by atoms with van der Waals surface area (Å²) in [6, 6.07) is 13.3. The predicted octanol–water partition coefficient (Wildman–Crippen LogP) is 4.06. The Balaban J connectivity index is 1.78. The molecule has 0 radical (unpaired) electrons. The average Bonchev–Trinajstić information content (AvgIpc) is 2.96. The van der Waals surface area contributed by atoms with Crippen molar-refractivity contribution in [2.24, 2.45) is 0 Å². The average molecular weight is 391 g/mol. The lowest BCUT2D eigenvalue weighted by atomic mass is 10.2. The molecule has 8 heteroatoms. The number of benzene rings is 2. The van der Waals surface area contributed by atoms with Gasteiger partial charge in [-0.3, -0.25) is 14.5 Å². The molecule has 0 aliphatic carbocycles. The summed E-state index contributed by atoms with van der Waals surface area (Å²) in [5.41, 5.74) is 1.51. The van der Waals surface area contributed by atoms with Gasteiger partial charge in [0.1, 0.15) is 12.4 Å². The number of rotatable bonds is 5. The molecule has 0 unspecified atom stereocenters. The van der Waals surface area contributed by atoms with E-state index in [-0.39, 0.29) is 18.3 Å². The molecule has 134 valence electrons. The van der Waals surface area contributed by atoms with Gasteiger partial charge in [-0.1, -0.05) is 23.7 Å². The summed E-state index contributed by atoms with van der Waals surface area (Å²) in [4.78, 5) is 14.1. The maximum atomic E-state index is 13.3. The third-order valence-corrected chi connectivity index (χ3v) is 4.45. The lowest BCUT2D eigenvalue weighted by Gasteiger charge is -2.18. The predicted molar refractivity (Wildman–Crippen MR) is 101 cm³/mol. The summed E-state index contributed by atoms with van der Waals surface area (Å²) < 4.78 is 15.3. The number of amides is 1. The molecule has 2 aromatic carbocycles. The molecule has 1 heterocycles. The number of H-pyrrole nitrogens is 1. The lowest BCUT2D eigenvalue weighted by molar-refractivity contribution is -0.131. The molecule has 1 N–H and O–H groups in total. The van der Waals surface area contributed by atoms with Crippen molar-refractivity contribution in [2.45, 2.75) is 13.1 Å². The molecule has 0 saturated carbocycles. The quantitative estimate of drug-likeness (QED) is 0.668. The maximum absolute atomic E-state index is 13.3. The van der Waals surface area contributed by atoms with Crippen molar-refractivity contribution in [1.82, 2.24) is 19.7 Å². The van der Waals surface area contributed by atoms with Gasteiger partial charge in [-0.25, -0.2) is 4.39 Å². The number of aromatic amines is 1. The second-order valence-corrected chi connectivity index (χ2v) is 6.65. The molecule has 26 heavy (non-hydrogen) atoms. The molecule has 0 atom stereocenters. The van der Waals surface area contributed by atoms with Gasteiger partial charge in [0.2, 0.25) is 5.91 Å². The van der Waals surface area contributed by atoms with Gasteiger partial charge in [0.15, 0.2) is 10.6 Å². The van der Waals surface area contributed by atoms with Gasteiger partial charge in [-0.2, -0.15) is 5.10 Å². The van der Waals surface area contributed by atoms with Crippen LogP contribution in [0.4, 0.5) is 4.39 Å². The van der Waals surface area contributed by atoms with Crippen molar-refractivity contribution in [3.63, 3.8) is 0 Å². The monoisotopic (exact) mass is 390 g/mol. The van der Waals surface area contributed by atoms with Gasteiger partial charge < -0.3 is 4.90 Å². The Labute approximate surface area is 160 Å². The second kappa shape index (κ2) is 7.80. The van der Waals surface area contributed by atoms with Crippen LogP contribution < -0.4 is 0 Å². The van der Waals surface area contributed by atoms with E-state index in [4.69, 9.17) is 23.8 Å². The molecule has 1 aromatic heterocycles. The molecule has 0 saturated heterocycles. The van der Waals surface area contributed by atoms with Crippen LogP contribution in [0.2, 0.25) is 5.02 Å². The van der Waals surface area contributed by atoms with Crippen LogP contribution in [0, 0.1) is 10.6 Å². The molecule has 3 rings (SSSR count). The molecule has 0 spiro atoms. The number of hydrogen-bond donors (Lipinski definition) is 1. The van der Waals surface area contributed by atoms with Gasteiger partial charge in [0.25, 0.3) is 0 Å². The van der Waals surface area contributed by atoms with Gasteiger partial charge in [-0.05, 0) is 54.2 Å². The molecule has 0 aliphatic rings. The first-order chi connectivity index (χ1) is 12.4. The maximum Gasteiger partial charge on any atom is 0.242 e. The van der Waals surface area contributed by atoms with Crippen LogP contribution in [-0.2, 0) is 17.9 Å². The second-order valence-electron chi connectivity index (χ2n) is 5.83. The molecular formula is C18H16ClFN4OS. The highest BCUT2D eigenvalue weighted by atomic mass is 35.5. The van der Waals surface area contributed by atoms with Crippen LogP contribution in [0.1, 0.15) is 5.56 Å². The van der Waals surface area contributed by atoms with Gasteiger partial charge in [0.05, 0.1) is 0 Å². The smallest absolute Gasteiger partial charge is 0.242 e.